The molecule has 2 amide bonds. The van der Waals surface area contributed by atoms with Gasteiger partial charge < -0.3 is 30.9 Å². The Morgan fingerprint density at radius 2 is 1.68 bits per heavy atom. The normalized spacial score (nSPS) is 15.2. The number of hydrogen-bond acceptors (Lipinski definition) is 7. The number of nitrogens with zero attached hydrogens (tertiary/aromatic N) is 1. The van der Waals surface area contributed by atoms with Gasteiger partial charge in [-0.3, -0.25) is 9.59 Å². The Morgan fingerprint density at radius 1 is 1.13 bits per heavy atom. The van der Waals surface area contributed by atoms with Crippen molar-refractivity contribution in [2.45, 2.75) is 64.4 Å². The maximum absolute atomic E-state index is 13.3. The number of carboxylic acid groups (broad SMARTS) is 1. The lowest BCUT2D eigenvalue weighted by Crippen LogP contribution is -2.64. The summed E-state index contributed by atoms with van der Waals surface area (Å²) in [4.78, 5) is 51.3. The zero-order valence-corrected chi connectivity index (χ0v) is 18.4. The molecule has 0 aliphatic rings. The first-order valence-corrected chi connectivity index (χ1v) is 9.73. The number of ether oxygens (including phenoxy) is 1. The molecule has 0 bridgehead atoms. The molecule has 0 heterocycles. The summed E-state index contributed by atoms with van der Waals surface area (Å²) >= 11 is 0. The number of benzene rings is 1. The van der Waals surface area contributed by atoms with E-state index in [4.69, 9.17) is 15.6 Å². The molecule has 10 heteroatoms. The number of rotatable bonds is 9. The van der Waals surface area contributed by atoms with E-state index in [1.807, 2.05) is 0 Å². The molecule has 0 spiro atoms. The molecular formula is C21H31N3O7. The van der Waals surface area contributed by atoms with Gasteiger partial charge in [0.1, 0.15) is 17.7 Å². The van der Waals surface area contributed by atoms with Gasteiger partial charge in [-0.05, 0) is 40.2 Å². The topological polar surface area (TPSA) is 159 Å². The minimum atomic E-state index is -2.38. The second kappa shape index (κ2) is 10.4. The quantitative estimate of drug-likeness (QED) is 0.311. The average Bonchev–Trinajstić information content (AvgIpc) is 2.69. The van der Waals surface area contributed by atoms with Crippen molar-refractivity contribution in [3.63, 3.8) is 0 Å². The van der Waals surface area contributed by atoms with Crippen LogP contribution in [0.5, 0.6) is 0 Å². The molecule has 0 aliphatic carbocycles. The number of carbonyl (C=O) groups excluding carboxylic acids is 3. The van der Waals surface area contributed by atoms with E-state index in [1.165, 1.54) is 6.92 Å². The van der Waals surface area contributed by atoms with Crippen LogP contribution in [0.2, 0.25) is 0 Å². The molecule has 1 aromatic rings. The lowest BCUT2D eigenvalue weighted by molar-refractivity contribution is -0.182. The highest BCUT2D eigenvalue weighted by Crippen LogP contribution is 2.25. The van der Waals surface area contributed by atoms with Crippen LogP contribution in [0, 0.1) is 0 Å². The molecule has 1 rings (SSSR count). The highest BCUT2D eigenvalue weighted by molar-refractivity contribution is 6.07. The van der Waals surface area contributed by atoms with Gasteiger partial charge in [0, 0.05) is 6.54 Å². The molecule has 0 radical (unpaired) electrons. The summed E-state index contributed by atoms with van der Waals surface area (Å²) in [5.74, 6) is -4.34. The Hall–Kier alpha value is -2.98. The van der Waals surface area contributed by atoms with Crippen LogP contribution in [-0.2, 0) is 30.5 Å². The number of esters is 1. The highest BCUT2D eigenvalue weighted by Gasteiger charge is 2.52. The van der Waals surface area contributed by atoms with Gasteiger partial charge in [0.05, 0.1) is 6.61 Å². The zero-order valence-electron chi connectivity index (χ0n) is 18.4. The molecule has 5 N–H and O–H groups in total. The van der Waals surface area contributed by atoms with Crippen LogP contribution < -0.4 is 11.1 Å². The molecule has 172 valence electrons. The van der Waals surface area contributed by atoms with E-state index in [1.54, 1.807) is 51.1 Å². The Labute approximate surface area is 181 Å². The zero-order chi connectivity index (χ0) is 24.0. The lowest BCUT2D eigenvalue weighted by atomic mass is 9.97. The first-order chi connectivity index (χ1) is 14.2. The van der Waals surface area contributed by atoms with Crippen molar-refractivity contribution >= 4 is 23.8 Å². The van der Waals surface area contributed by atoms with Crippen LogP contribution in [0.1, 0.15) is 40.2 Å². The number of carboxylic acids is 1. The molecule has 0 aliphatic heterocycles. The fraction of sp³-hybridized carbons (Fsp3) is 0.524. The van der Waals surface area contributed by atoms with Crippen molar-refractivity contribution in [3.8, 4) is 0 Å². The standard InChI is InChI=1S/C21H31N3O7/c1-13(23-16(26)15(22)12-25)17(27)24(11-14-9-7-6-8-10-14)21(5,18(28)29)19(30)31-20(2,3)4/h6-10,13,15,25H,11-12,22H2,1-5H3,(H,23,26)(H,28,29). The minimum absolute atomic E-state index is 0.228. The van der Waals surface area contributed by atoms with Gasteiger partial charge in [-0.1, -0.05) is 30.3 Å². The van der Waals surface area contributed by atoms with E-state index >= 15 is 0 Å². The molecule has 0 fully saturated rings. The second-order valence-corrected chi connectivity index (χ2v) is 8.31. The predicted octanol–water partition coefficient (Wildman–Crippen LogP) is 0.0245. The van der Waals surface area contributed by atoms with Crippen molar-refractivity contribution in [1.29, 1.82) is 0 Å². The van der Waals surface area contributed by atoms with Crippen molar-refractivity contribution < 1.29 is 34.1 Å². The third-order valence-corrected chi connectivity index (χ3v) is 4.46. The van der Waals surface area contributed by atoms with Crippen LogP contribution in [0.25, 0.3) is 0 Å². The number of hydrogen-bond donors (Lipinski definition) is 4. The van der Waals surface area contributed by atoms with E-state index in [0.29, 0.717) is 5.56 Å². The van der Waals surface area contributed by atoms with Gasteiger partial charge in [0.2, 0.25) is 17.4 Å². The number of carbonyl (C=O) groups is 4. The first kappa shape index (κ1) is 26.1. The molecule has 0 saturated carbocycles. The van der Waals surface area contributed by atoms with Crippen LogP contribution in [0.3, 0.4) is 0 Å². The second-order valence-electron chi connectivity index (χ2n) is 8.31. The maximum atomic E-state index is 13.3. The van der Waals surface area contributed by atoms with Crippen molar-refractivity contribution in [2.75, 3.05) is 6.61 Å². The van der Waals surface area contributed by atoms with E-state index in [-0.39, 0.29) is 6.54 Å². The summed E-state index contributed by atoms with van der Waals surface area (Å²) in [5.41, 5.74) is 2.65. The largest absolute Gasteiger partial charge is 0.479 e. The van der Waals surface area contributed by atoms with E-state index < -0.39 is 53.6 Å². The smallest absolute Gasteiger partial charge is 0.344 e. The van der Waals surface area contributed by atoms with E-state index in [2.05, 4.69) is 5.32 Å². The molecular weight excluding hydrogens is 406 g/mol. The van der Waals surface area contributed by atoms with Crippen molar-refractivity contribution in [2.24, 2.45) is 5.73 Å². The summed E-state index contributed by atoms with van der Waals surface area (Å²) in [6.45, 7) is 6.29. The predicted molar refractivity (Wildman–Crippen MR) is 112 cm³/mol. The lowest BCUT2D eigenvalue weighted by Gasteiger charge is -2.39. The average molecular weight is 437 g/mol. The Kier molecular flexibility index (Phi) is 8.71. The van der Waals surface area contributed by atoms with Crippen molar-refractivity contribution in [1.82, 2.24) is 10.2 Å². The highest BCUT2D eigenvalue weighted by atomic mass is 16.6. The van der Waals surface area contributed by atoms with Crippen LogP contribution in [0.4, 0.5) is 0 Å². The van der Waals surface area contributed by atoms with Crippen LogP contribution in [-0.4, -0.2) is 68.7 Å². The summed E-state index contributed by atoms with van der Waals surface area (Å²) in [6.07, 6.45) is 0. The molecule has 3 atom stereocenters. The first-order valence-electron chi connectivity index (χ1n) is 9.73. The van der Waals surface area contributed by atoms with Gasteiger partial charge in [0.25, 0.3) is 0 Å². The third-order valence-electron chi connectivity index (χ3n) is 4.46. The summed E-state index contributed by atoms with van der Waals surface area (Å²) < 4.78 is 5.30. The molecule has 10 nitrogen and oxygen atoms in total. The Bertz CT molecular complexity index is 807. The number of aliphatic hydroxyl groups is 1. The van der Waals surface area contributed by atoms with Gasteiger partial charge in [-0.15, -0.1) is 0 Å². The number of aliphatic carboxylic acids is 1. The molecule has 3 unspecified atom stereocenters. The summed E-state index contributed by atoms with van der Waals surface area (Å²) in [5, 5.41) is 21.3. The number of nitrogens with one attached hydrogen (secondary N) is 1. The molecule has 31 heavy (non-hydrogen) atoms. The van der Waals surface area contributed by atoms with Gasteiger partial charge >= 0.3 is 11.9 Å². The summed E-state index contributed by atoms with van der Waals surface area (Å²) in [6, 6.07) is 6.01. The molecule has 0 saturated heterocycles. The molecule has 0 aromatic heterocycles. The van der Waals surface area contributed by atoms with Crippen molar-refractivity contribution in [3.05, 3.63) is 35.9 Å². The van der Waals surface area contributed by atoms with E-state index in [0.717, 1.165) is 11.8 Å². The third kappa shape index (κ3) is 6.76. The number of aliphatic hydroxyl groups excluding tert-OH is 1. The fourth-order valence-electron chi connectivity index (χ4n) is 2.61. The van der Waals surface area contributed by atoms with E-state index in [9.17, 15) is 24.3 Å². The maximum Gasteiger partial charge on any atom is 0.344 e. The number of amides is 2. The molecule has 1 aromatic carbocycles. The Morgan fingerprint density at radius 3 is 2.13 bits per heavy atom. The minimum Gasteiger partial charge on any atom is -0.479 e. The fourth-order valence-corrected chi connectivity index (χ4v) is 2.61. The van der Waals surface area contributed by atoms with Gasteiger partial charge in [-0.2, -0.15) is 0 Å². The Balaban J connectivity index is 3.39. The van der Waals surface area contributed by atoms with Gasteiger partial charge in [-0.25, -0.2) is 9.59 Å². The van der Waals surface area contributed by atoms with Crippen LogP contribution >= 0.6 is 0 Å². The SMILES string of the molecule is CC(NC(=O)C(N)CO)C(=O)N(Cc1ccccc1)C(C)(C(=O)O)C(=O)OC(C)(C)C. The van der Waals surface area contributed by atoms with Crippen LogP contribution in [0.15, 0.2) is 30.3 Å². The number of nitrogens with two attached hydrogens (primary N) is 1. The summed E-state index contributed by atoms with van der Waals surface area (Å²) in [7, 11) is 0. The monoisotopic (exact) mass is 437 g/mol. The van der Waals surface area contributed by atoms with Gasteiger partial charge in [0.15, 0.2) is 0 Å².